The average Bonchev–Trinajstić information content (AvgIpc) is 2.96. The van der Waals surface area contributed by atoms with Gasteiger partial charge in [0.25, 0.3) is 5.91 Å². The van der Waals surface area contributed by atoms with Crippen molar-refractivity contribution in [3.63, 3.8) is 0 Å². The zero-order chi connectivity index (χ0) is 19.0. The Labute approximate surface area is 159 Å². The van der Waals surface area contributed by atoms with Crippen molar-refractivity contribution in [1.82, 2.24) is 4.90 Å². The third-order valence-corrected chi connectivity index (χ3v) is 5.21. The van der Waals surface area contributed by atoms with Crippen molar-refractivity contribution in [2.45, 2.75) is 51.2 Å². The van der Waals surface area contributed by atoms with E-state index in [9.17, 15) is 4.79 Å². The summed E-state index contributed by atoms with van der Waals surface area (Å²) in [6.07, 6.45) is 3.45. The predicted molar refractivity (Wildman–Crippen MR) is 103 cm³/mol. The quantitative estimate of drug-likeness (QED) is 0.614. The molecule has 142 valence electrons. The van der Waals surface area contributed by atoms with Crippen molar-refractivity contribution in [2.75, 3.05) is 6.61 Å². The van der Waals surface area contributed by atoms with Crippen LogP contribution in [0.1, 0.15) is 26.3 Å². The van der Waals surface area contributed by atoms with Crippen LogP contribution in [-0.4, -0.2) is 41.4 Å². The third-order valence-electron chi connectivity index (χ3n) is 5.21. The number of rotatable bonds is 3. The molecule has 2 aromatic carbocycles. The summed E-state index contributed by atoms with van der Waals surface area (Å²) >= 11 is 0. The van der Waals surface area contributed by atoms with Gasteiger partial charge >= 0.3 is 0 Å². The standard InChI is InChI=1S/C22H25NO4/c1-15-8-11-20(27-26-15)21(24)23-19(14-25-22(23,2)3)13-16-9-10-17-6-4-5-7-18(17)12-16/h4-12,15,19-20H,13-14H2,1-3H3/t15-,19-,20-/m0/s1. The average molecular weight is 367 g/mol. The summed E-state index contributed by atoms with van der Waals surface area (Å²) in [7, 11) is 0. The maximum Gasteiger partial charge on any atom is 0.261 e. The summed E-state index contributed by atoms with van der Waals surface area (Å²) in [6, 6.07) is 14.7. The van der Waals surface area contributed by atoms with E-state index in [1.54, 1.807) is 11.0 Å². The topological polar surface area (TPSA) is 48.0 Å². The van der Waals surface area contributed by atoms with E-state index >= 15 is 0 Å². The van der Waals surface area contributed by atoms with Crippen molar-refractivity contribution >= 4 is 16.7 Å². The molecule has 1 amide bonds. The fourth-order valence-corrected chi connectivity index (χ4v) is 3.85. The fraction of sp³-hybridized carbons (Fsp3) is 0.409. The number of carbonyl (C=O) groups excluding carboxylic acids is 1. The second-order valence-electron chi connectivity index (χ2n) is 7.71. The molecule has 5 nitrogen and oxygen atoms in total. The van der Waals surface area contributed by atoms with E-state index in [0.717, 1.165) is 6.42 Å². The van der Waals surface area contributed by atoms with Crippen LogP contribution in [0, 0.1) is 0 Å². The van der Waals surface area contributed by atoms with Crippen molar-refractivity contribution in [3.05, 3.63) is 60.2 Å². The Morgan fingerprint density at radius 1 is 1.11 bits per heavy atom. The molecule has 4 rings (SSSR count). The molecule has 2 aromatic rings. The second-order valence-corrected chi connectivity index (χ2v) is 7.71. The lowest BCUT2D eigenvalue weighted by Crippen LogP contribution is -2.53. The minimum atomic E-state index is -0.735. The molecule has 3 atom stereocenters. The van der Waals surface area contributed by atoms with Gasteiger partial charge in [0, 0.05) is 0 Å². The highest BCUT2D eigenvalue weighted by molar-refractivity contribution is 5.84. The minimum Gasteiger partial charge on any atom is -0.354 e. The molecule has 0 saturated carbocycles. The number of benzene rings is 2. The molecule has 1 saturated heterocycles. The molecule has 2 heterocycles. The third kappa shape index (κ3) is 3.63. The lowest BCUT2D eigenvalue weighted by molar-refractivity contribution is -0.331. The van der Waals surface area contributed by atoms with E-state index in [4.69, 9.17) is 14.5 Å². The van der Waals surface area contributed by atoms with Gasteiger partial charge in [-0.05, 0) is 49.6 Å². The highest BCUT2D eigenvalue weighted by Crippen LogP contribution is 2.31. The van der Waals surface area contributed by atoms with Crippen molar-refractivity contribution in [3.8, 4) is 0 Å². The Morgan fingerprint density at radius 3 is 2.63 bits per heavy atom. The van der Waals surface area contributed by atoms with Gasteiger partial charge < -0.3 is 9.64 Å². The molecule has 27 heavy (non-hydrogen) atoms. The highest BCUT2D eigenvalue weighted by atomic mass is 17.2. The van der Waals surface area contributed by atoms with Gasteiger partial charge in [0.15, 0.2) is 6.10 Å². The number of ether oxygens (including phenoxy) is 1. The summed E-state index contributed by atoms with van der Waals surface area (Å²) in [6.45, 7) is 6.20. The Balaban J connectivity index is 1.57. The molecular weight excluding hydrogens is 342 g/mol. The first kappa shape index (κ1) is 18.2. The predicted octanol–water partition coefficient (Wildman–Crippen LogP) is 3.62. The molecule has 0 aromatic heterocycles. The monoisotopic (exact) mass is 367 g/mol. The van der Waals surface area contributed by atoms with Crippen LogP contribution in [0.5, 0.6) is 0 Å². The number of carbonyl (C=O) groups is 1. The molecule has 0 bridgehead atoms. The van der Waals surface area contributed by atoms with Gasteiger partial charge in [-0.3, -0.25) is 4.79 Å². The molecule has 2 aliphatic rings. The van der Waals surface area contributed by atoms with Crippen molar-refractivity contribution in [1.29, 1.82) is 0 Å². The van der Waals surface area contributed by atoms with E-state index in [1.807, 2.05) is 39.0 Å². The maximum atomic E-state index is 13.1. The van der Waals surface area contributed by atoms with Crippen LogP contribution in [0.4, 0.5) is 0 Å². The number of hydrogen-bond donors (Lipinski definition) is 0. The molecule has 0 spiro atoms. The van der Waals surface area contributed by atoms with Crippen LogP contribution in [0.2, 0.25) is 0 Å². The summed E-state index contributed by atoms with van der Waals surface area (Å²) in [5.41, 5.74) is 0.501. The second kappa shape index (κ2) is 7.08. The smallest absolute Gasteiger partial charge is 0.261 e. The molecule has 0 aliphatic carbocycles. The minimum absolute atomic E-state index is 0.0509. The van der Waals surface area contributed by atoms with E-state index in [2.05, 4.69) is 30.3 Å². The largest absolute Gasteiger partial charge is 0.354 e. The van der Waals surface area contributed by atoms with E-state index in [1.165, 1.54) is 16.3 Å². The van der Waals surface area contributed by atoms with E-state index in [-0.39, 0.29) is 18.1 Å². The zero-order valence-corrected chi connectivity index (χ0v) is 15.9. The Morgan fingerprint density at radius 2 is 1.89 bits per heavy atom. The number of fused-ring (bicyclic) bond motifs is 1. The van der Waals surface area contributed by atoms with Crippen LogP contribution in [0.25, 0.3) is 10.8 Å². The first-order chi connectivity index (χ1) is 12.9. The molecule has 0 unspecified atom stereocenters. The highest BCUT2D eigenvalue weighted by Gasteiger charge is 2.46. The van der Waals surface area contributed by atoms with Gasteiger partial charge in [-0.25, -0.2) is 9.78 Å². The number of nitrogens with zero attached hydrogens (tertiary/aromatic N) is 1. The summed E-state index contributed by atoms with van der Waals surface area (Å²) in [5, 5.41) is 2.41. The van der Waals surface area contributed by atoms with Crippen LogP contribution >= 0.6 is 0 Å². The van der Waals surface area contributed by atoms with E-state index < -0.39 is 11.8 Å². The van der Waals surface area contributed by atoms with Crippen LogP contribution in [0.15, 0.2) is 54.6 Å². The van der Waals surface area contributed by atoms with Crippen LogP contribution < -0.4 is 0 Å². The molecule has 2 aliphatic heterocycles. The van der Waals surface area contributed by atoms with Gasteiger partial charge in [0.2, 0.25) is 0 Å². The van der Waals surface area contributed by atoms with Crippen LogP contribution in [0.3, 0.4) is 0 Å². The number of amides is 1. The van der Waals surface area contributed by atoms with Gasteiger partial charge in [-0.15, -0.1) is 0 Å². The Bertz CT molecular complexity index is 875. The Kier molecular flexibility index (Phi) is 4.76. The first-order valence-corrected chi connectivity index (χ1v) is 9.39. The Hall–Kier alpha value is -2.21. The lowest BCUT2D eigenvalue weighted by Gasteiger charge is -2.36. The van der Waals surface area contributed by atoms with E-state index in [0.29, 0.717) is 6.61 Å². The SMILES string of the molecule is C[C@H]1C=C[C@@H](C(=O)N2[C@@H](Cc3ccc4ccccc4c3)COC2(C)C)OO1. The zero-order valence-electron chi connectivity index (χ0n) is 15.9. The number of hydrogen-bond acceptors (Lipinski definition) is 4. The van der Waals surface area contributed by atoms with Gasteiger partial charge in [-0.1, -0.05) is 48.5 Å². The fourth-order valence-electron chi connectivity index (χ4n) is 3.85. The first-order valence-electron chi connectivity index (χ1n) is 9.39. The molecular formula is C22H25NO4. The van der Waals surface area contributed by atoms with Gasteiger partial charge in [0.05, 0.1) is 12.6 Å². The molecule has 5 heteroatoms. The van der Waals surface area contributed by atoms with Crippen molar-refractivity contribution in [2.24, 2.45) is 0 Å². The molecule has 1 fully saturated rings. The van der Waals surface area contributed by atoms with Gasteiger partial charge in [-0.2, -0.15) is 0 Å². The molecule has 0 N–H and O–H groups in total. The van der Waals surface area contributed by atoms with Crippen LogP contribution in [-0.2, 0) is 25.7 Å². The normalized spacial score (nSPS) is 27.2. The summed E-state index contributed by atoms with van der Waals surface area (Å²) in [4.78, 5) is 25.4. The van der Waals surface area contributed by atoms with Crippen molar-refractivity contribution < 1.29 is 19.3 Å². The summed E-state index contributed by atoms with van der Waals surface area (Å²) < 4.78 is 5.94. The molecule has 0 radical (unpaired) electrons. The maximum absolute atomic E-state index is 13.1. The van der Waals surface area contributed by atoms with Gasteiger partial charge in [0.1, 0.15) is 11.8 Å². The lowest BCUT2D eigenvalue weighted by atomic mass is 10.0. The summed E-state index contributed by atoms with van der Waals surface area (Å²) in [5.74, 6) is -0.133.